The smallest absolute Gasteiger partial charge is 0.255 e. The maximum atomic E-state index is 12.4. The molecule has 1 atom stereocenters. The third-order valence-electron chi connectivity index (χ3n) is 3.64. The fourth-order valence-electron chi connectivity index (χ4n) is 2.26. The number of nitrogens with one attached hydrogen (secondary N) is 1. The predicted octanol–water partition coefficient (Wildman–Crippen LogP) is 4.40. The van der Waals surface area contributed by atoms with Crippen LogP contribution in [-0.2, 0) is 6.42 Å². The zero-order valence-corrected chi connectivity index (χ0v) is 13.8. The van der Waals surface area contributed by atoms with Gasteiger partial charge in [-0.1, -0.05) is 42.8 Å². The van der Waals surface area contributed by atoms with Crippen molar-refractivity contribution in [1.29, 1.82) is 0 Å². The Labute approximate surface area is 136 Å². The highest BCUT2D eigenvalue weighted by Gasteiger charge is 2.16. The predicted molar refractivity (Wildman–Crippen MR) is 89.7 cm³/mol. The molecule has 0 saturated carbocycles. The summed E-state index contributed by atoms with van der Waals surface area (Å²) in [6.45, 7) is 4.07. The van der Waals surface area contributed by atoms with Gasteiger partial charge < -0.3 is 10.1 Å². The van der Waals surface area contributed by atoms with Crippen molar-refractivity contribution >= 4 is 17.5 Å². The van der Waals surface area contributed by atoms with Crippen molar-refractivity contribution in [2.45, 2.75) is 26.3 Å². The van der Waals surface area contributed by atoms with Gasteiger partial charge in [-0.15, -0.1) is 0 Å². The molecule has 1 N–H and O–H groups in total. The van der Waals surface area contributed by atoms with Crippen molar-refractivity contribution in [1.82, 2.24) is 5.32 Å². The lowest BCUT2D eigenvalue weighted by molar-refractivity contribution is 0.0937. The molecule has 0 bridgehead atoms. The van der Waals surface area contributed by atoms with Gasteiger partial charge in [0.1, 0.15) is 5.75 Å². The van der Waals surface area contributed by atoms with Crippen LogP contribution in [0.2, 0.25) is 5.02 Å². The monoisotopic (exact) mass is 317 g/mol. The number of carbonyl (C=O) groups excluding carboxylic acids is 1. The van der Waals surface area contributed by atoms with Crippen molar-refractivity contribution in [2.24, 2.45) is 0 Å². The van der Waals surface area contributed by atoms with E-state index < -0.39 is 0 Å². The lowest BCUT2D eigenvalue weighted by atomic mass is 10.0. The molecular formula is C18H20ClNO2. The summed E-state index contributed by atoms with van der Waals surface area (Å²) in [7, 11) is 1.53. The number of rotatable bonds is 5. The Morgan fingerprint density at radius 2 is 1.91 bits per heavy atom. The molecular weight excluding hydrogens is 298 g/mol. The molecule has 0 fully saturated rings. The van der Waals surface area contributed by atoms with Gasteiger partial charge in [-0.05, 0) is 42.7 Å². The van der Waals surface area contributed by atoms with Gasteiger partial charge >= 0.3 is 0 Å². The number of benzene rings is 2. The molecule has 2 aromatic rings. The number of ether oxygens (including phenoxy) is 1. The lowest BCUT2D eigenvalue weighted by Gasteiger charge is -2.16. The summed E-state index contributed by atoms with van der Waals surface area (Å²) in [6, 6.07) is 13.2. The molecule has 116 valence electrons. The van der Waals surface area contributed by atoms with Crippen LogP contribution in [-0.4, -0.2) is 13.0 Å². The minimum absolute atomic E-state index is 0.0953. The van der Waals surface area contributed by atoms with Gasteiger partial charge in [0.2, 0.25) is 0 Å². The zero-order valence-electron chi connectivity index (χ0n) is 13.0. The molecule has 4 heteroatoms. The van der Waals surface area contributed by atoms with Crippen LogP contribution >= 0.6 is 11.6 Å². The van der Waals surface area contributed by atoms with E-state index in [4.69, 9.17) is 16.3 Å². The molecule has 0 radical (unpaired) electrons. The fourth-order valence-corrected chi connectivity index (χ4v) is 2.43. The highest BCUT2D eigenvalue weighted by atomic mass is 35.5. The largest absolute Gasteiger partial charge is 0.496 e. The van der Waals surface area contributed by atoms with Gasteiger partial charge in [0.25, 0.3) is 5.91 Å². The highest BCUT2D eigenvalue weighted by Crippen LogP contribution is 2.23. The van der Waals surface area contributed by atoms with E-state index in [1.165, 1.54) is 12.7 Å². The number of aryl methyl sites for hydroxylation is 1. The van der Waals surface area contributed by atoms with Crippen molar-refractivity contribution < 1.29 is 9.53 Å². The molecule has 0 aliphatic rings. The average Bonchev–Trinajstić information content (AvgIpc) is 2.54. The van der Waals surface area contributed by atoms with E-state index >= 15 is 0 Å². The van der Waals surface area contributed by atoms with E-state index in [-0.39, 0.29) is 11.9 Å². The summed E-state index contributed by atoms with van der Waals surface area (Å²) in [6.07, 6.45) is 1.00. The number of hydrogen-bond acceptors (Lipinski definition) is 2. The molecule has 0 spiro atoms. The topological polar surface area (TPSA) is 38.3 Å². The van der Waals surface area contributed by atoms with Crippen LogP contribution in [0, 0.1) is 0 Å². The zero-order chi connectivity index (χ0) is 16.1. The maximum Gasteiger partial charge on any atom is 0.255 e. The van der Waals surface area contributed by atoms with Gasteiger partial charge in [-0.3, -0.25) is 4.79 Å². The van der Waals surface area contributed by atoms with Crippen LogP contribution < -0.4 is 10.1 Å². The van der Waals surface area contributed by atoms with Crippen molar-refractivity contribution in [3.05, 3.63) is 64.2 Å². The molecule has 0 aliphatic heterocycles. The number of halogens is 1. The van der Waals surface area contributed by atoms with E-state index in [2.05, 4.69) is 24.4 Å². The van der Waals surface area contributed by atoms with Crippen LogP contribution in [0.25, 0.3) is 0 Å². The number of methoxy groups -OCH3 is 1. The van der Waals surface area contributed by atoms with Gasteiger partial charge in [0.15, 0.2) is 0 Å². The second-order valence-electron chi connectivity index (χ2n) is 5.13. The van der Waals surface area contributed by atoms with Gasteiger partial charge in [0.05, 0.1) is 18.7 Å². The quantitative estimate of drug-likeness (QED) is 0.887. The van der Waals surface area contributed by atoms with E-state index in [9.17, 15) is 4.79 Å². The molecule has 0 aromatic heterocycles. The van der Waals surface area contributed by atoms with Gasteiger partial charge in [-0.2, -0.15) is 0 Å². The van der Waals surface area contributed by atoms with Gasteiger partial charge in [-0.25, -0.2) is 0 Å². The number of amides is 1. The first-order valence-electron chi connectivity index (χ1n) is 7.28. The van der Waals surface area contributed by atoms with Crippen LogP contribution in [0.3, 0.4) is 0 Å². The number of carbonyl (C=O) groups is 1. The van der Waals surface area contributed by atoms with Crippen molar-refractivity contribution in [2.75, 3.05) is 7.11 Å². The van der Waals surface area contributed by atoms with Crippen molar-refractivity contribution in [3.63, 3.8) is 0 Å². The first-order valence-corrected chi connectivity index (χ1v) is 7.66. The molecule has 2 rings (SSSR count). The second kappa shape index (κ2) is 7.32. The minimum atomic E-state index is -0.202. The average molecular weight is 318 g/mol. The Morgan fingerprint density at radius 3 is 2.50 bits per heavy atom. The maximum absolute atomic E-state index is 12.4. The summed E-state index contributed by atoms with van der Waals surface area (Å²) >= 11 is 5.97. The van der Waals surface area contributed by atoms with Crippen LogP contribution in [0.4, 0.5) is 0 Å². The Balaban J connectivity index is 2.15. The first-order chi connectivity index (χ1) is 10.5. The first kappa shape index (κ1) is 16.4. The Morgan fingerprint density at radius 1 is 1.23 bits per heavy atom. The van der Waals surface area contributed by atoms with E-state index in [0.29, 0.717) is 16.3 Å². The molecule has 2 aromatic carbocycles. The SMILES string of the molecule is CCc1ccc([C@@H](C)NC(=O)c2cc(Cl)ccc2OC)cc1. The summed E-state index contributed by atoms with van der Waals surface area (Å²) in [5.74, 6) is 0.307. The highest BCUT2D eigenvalue weighted by molar-refractivity contribution is 6.31. The third-order valence-corrected chi connectivity index (χ3v) is 3.88. The van der Waals surface area contributed by atoms with Crippen LogP contribution in [0.15, 0.2) is 42.5 Å². The second-order valence-corrected chi connectivity index (χ2v) is 5.57. The Hall–Kier alpha value is -2.00. The molecule has 0 heterocycles. The van der Waals surface area contributed by atoms with Crippen LogP contribution in [0.1, 0.15) is 41.4 Å². The standard InChI is InChI=1S/C18H20ClNO2/c1-4-13-5-7-14(8-6-13)12(2)20-18(21)16-11-15(19)9-10-17(16)22-3/h5-12H,4H2,1-3H3,(H,20,21)/t12-/m1/s1. The van der Waals surface area contributed by atoms with Crippen LogP contribution in [0.5, 0.6) is 5.75 Å². The summed E-state index contributed by atoms with van der Waals surface area (Å²) in [5.41, 5.74) is 2.78. The molecule has 0 unspecified atom stereocenters. The molecule has 0 aliphatic carbocycles. The normalized spacial score (nSPS) is 11.8. The molecule has 0 saturated heterocycles. The Bertz CT molecular complexity index is 653. The van der Waals surface area contributed by atoms with Crippen molar-refractivity contribution in [3.8, 4) is 5.75 Å². The summed E-state index contributed by atoms with van der Waals surface area (Å²) in [4.78, 5) is 12.4. The molecule has 1 amide bonds. The fraction of sp³-hybridized carbons (Fsp3) is 0.278. The van der Waals surface area contributed by atoms with E-state index in [1.807, 2.05) is 19.1 Å². The number of hydrogen-bond donors (Lipinski definition) is 1. The third kappa shape index (κ3) is 3.80. The van der Waals surface area contributed by atoms with E-state index in [1.54, 1.807) is 18.2 Å². The molecule has 3 nitrogen and oxygen atoms in total. The Kier molecular flexibility index (Phi) is 5.45. The lowest BCUT2D eigenvalue weighted by Crippen LogP contribution is -2.27. The molecule has 22 heavy (non-hydrogen) atoms. The summed E-state index contributed by atoms with van der Waals surface area (Å²) < 4.78 is 5.22. The minimum Gasteiger partial charge on any atom is -0.496 e. The van der Waals surface area contributed by atoms with Gasteiger partial charge in [0, 0.05) is 5.02 Å². The summed E-state index contributed by atoms with van der Waals surface area (Å²) in [5, 5.41) is 3.48. The van der Waals surface area contributed by atoms with E-state index in [0.717, 1.165) is 12.0 Å².